The minimum atomic E-state index is 0.153. The predicted octanol–water partition coefficient (Wildman–Crippen LogP) is 2.30. The molecule has 2 heteroatoms. The van der Waals surface area contributed by atoms with Crippen LogP contribution in [0.2, 0.25) is 0 Å². The van der Waals surface area contributed by atoms with Crippen LogP contribution in [0, 0.1) is 13.8 Å². The van der Waals surface area contributed by atoms with Crippen molar-refractivity contribution < 1.29 is 4.79 Å². The molecule has 0 aliphatic rings. The summed E-state index contributed by atoms with van der Waals surface area (Å²) < 4.78 is 0. The first-order valence-corrected chi connectivity index (χ1v) is 4.40. The largest absolute Gasteiger partial charge is 0.378 e. The molecule has 1 aromatic rings. The van der Waals surface area contributed by atoms with Gasteiger partial charge in [0.15, 0.2) is 0 Å². The average Bonchev–Trinajstić information content (AvgIpc) is 2.02. The van der Waals surface area contributed by atoms with Crippen LogP contribution in [0.25, 0.3) is 0 Å². The van der Waals surface area contributed by atoms with Gasteiger partial charge in [-0.25, -0.2) is 0 Å². The lowest BCUT2D eigenvalue weighted by Crippen LogP contribution is -2.10. The Kier molecular flexibility index (Phi) is 3.07. The molecular weight excluding hydrogens is 162 g/mol. The number of ketones is 1. The van der Waals surface area contributed by atoms with Gasteiger partial charge in [-0.05, 0) is 32.4 Å². The van der Waals surface area contributed by atoms with Crippen LogP contribution in [0.5, 0.6) is 0 Å². The van der Waals surface area contributed by atoms with E-state index >= 15 is 0 Å². The molecular formula is C11H15NO. The molecule has 0 fully saturated rings. The number of aryl methyl sites for hydroxylation is 2. The van der Waals surface area contributed by atoms with Crippen LogP contribution in [-0.2, 0) is 4.79 Å². The lowest BCUT2D eigenvalue weighted by molar-refractivity contribution is -0.115. The molecule has 70 valence electrons. The van der Waals surface area contributed by atoms with Crippen molar-refractivity contribution in [2.75, 3.05) is 11.9 Å². The smallest absolute Gasteiger partial charge is 0.148 e. The summed E-state index contributed by atoms with van der Waals surface area (Å²) >= 11 is 0. The van der Waals surface area contributed by atoms with Crippen LogP contribution in [0.15, 0.2) is 18.2 Å². The van der Waals surface area contributed by atoms with Crippen molar-refractivity contribution >= 4 is 11.5 Å². The molecule has 0 bridgehead atoms. The number of rotatable bonds is 3. The van der Waals surface area contributed by atoms with Crippen molar-refractivity contribution in [3.05, 3.63) is 29.3 Å². The normalized spacial score (nSPS) is 9.77. The number of nitrogens with one attached hydrogen (secondary N) is 1. The monoisotopic (exact) mass is 177 g/mol. The maximum Gasteiger partial charge on any atom is 0.148 e. The molecule has 0 atom stereocenters. The van der Waals surface area contributed by atoms with Crippen molar-refractivity contribution in [1.82, 2.24) is 0 Å². The maximum atomic E-state index is 10.7. The zero-order valence-electron chi connectivity index (χ0n) is 8.35. The number of hydrogen-bond acceptors (Lipinski definition) is 2. The minimum absolute atomic E-state index is 0.153. The molecule has 1 aromatic carbocycles. The highest BCUT2D eigenvalue weighted by atomic mass is 16.1. The zero-order valence-corrected chi connectivity index (χ0v) is 8.35. The fraction of sp³-hybridized carbons (Fsp3) is 0.364. The number of carbonyl (C=O) groups excluding carboxylic acids is 1. The molecule has 0 heterocycles. The number of anilines is 1. The van der Waals surface area contributed by atoms with E-state index < -0.39 is 0 Å². The van der Waals surface area contributed by atoms with Gasteiger partial charge in [-0.3, -0.25) is 4.79 Å². The van der Waals surface area contributed by atoms with Crippen molar-refractivity contribution in [1.29, 1.82) is 0 Å². The Bertz CT molecular complexity index is 318. The quantitative estimate of drug-likeness (QED) is 0.767. The topological polar surface area (TPSA) is 29.1 Å². The lowest BCUT2D eigenvalue weighted by Gasteiger charge is -2.08. The van der Waals surface area contributed by atoms with E-state index in [-0.39, 0.29) is 5.78 Å². The van der Waals surface area contributed by atoms with Gasteiger partial charge in [0.1, 0.15) is 5.78 Å². The van der Waals surface area contributed by atoms with Crippen LogP contribution >= 0.6 is 0 Å². The fourth-order valence-corrected chi connectivity index (χ4v) is 1.23. The second-order valence-corrected chi connectivity index (χ2v) is 3.37. The van der Waals surface area contributed by atoms with Crippen LogP contribution < -0.4 is 5.32 Å². The summed E-state index contributed by atoms with van der Waals surface area (Å²) in [7, 11) is 0. The SMILES string of the molecule is CC(=O)CNc1ccc(C)cc1C. The Morgan fingerprint density at radius 2 is 2.08 bits per heavy atom. The Morgan fingerprint density at radius 3 is 2.62 bits per heavy atom. The van der Waals surface area contributed by atoms with E-state index in [0.717, 1.165) is 5.69 Å². The summed E-state index contributed by atoms with van der Waals surface area (Å²) in [6.07, 6.45) is 0. The van der Waals surface area contributed by atoms with E-state index in [0.29, 0.717) is 6.54 Å². The standard InChI is InChI=1S/C11H15NO/c1-8-4-5-11(9(2)6-8)12-7-10(3)13/h4-6,12H,7H2,1-3H3. The molecule has 1 rings (SSSR count). The first-order valence-electron chi connectivity index (χ1n) is 4.40. The molecule has 0 spiro atoms. The second-order valence-electron chi connectivity index (χ2n) is 3.37. The molecule has 1 N–H and O–H groups in total. The summed E-state index contributed by atoms with van der Waals surface area (Å²) in [5, 5.41) is 3.09. The first kappa shape index (κ1) is 9.78. The zero-order chi connectivity index (χ0) is 9.84. The third kappa shape index (κ3) is 2.90. The Morgan fingerprint density at radius 1 is 1.38 bits per heavy atom. The Hall–Kier alpha value is -1.31. The summed E-state index contributed by atoms with van der Waals surface area (Å²) in [6.45, 7) is 6.08. The summed E-state index contributed by atoms with van der Waals surface area (Å²) in [5.41, 5.74) is 3.47. The molecule has 0 unspecified atom stereocenters. The van der Waals surface area contributed by atoms with Crippen LogP contribution in [0.1, 0.15) is 18.1 Å². The average molecular weight is 177 g/mol. The third-order valence-electron chi connectivity index (χ3n) is 1.91. The number of carbonyl (C=O) groups is 1. The lowest BCUT2D eigenvalue weighted by atomic mass is 10.1. The van der Waals surface area contributed by atoms with Gasteiger partial charge in [-0.1, -0.05) is 17.7 Å². The van der Waals surface area contributed by atoms with Crippen molar-refractivity contribution in [2.24, 2.45) is 0 Å². The molecule has 0 aromatic heterocycles. The molecule has 13 heavy (non-hydrogen) atoms. The minimum Gasteiger partial charge on any atom is -0.378 e. The molecule has 0 radical (unpaired) electrons. The molecule has 2 nitrogen and oxygen atoms in total. The van der Waals surface area contributed by atoms with E-state index in [1.807, 2.05) is 19.1 Å². The second kappa shape index (κ2) is 4.08. The molecule has 0 amide bonds. The number of Topliss-reactive ketones (excluding diaryl/α,β-unsaturated/α-hetero) is 1. The Balaban J connectivity index is 2.72. The van der Waals surface area contributed by atoms with Crippen molar-refractivity contribution in [2.45, 2.75) is 20.8 Å². The number of benzene rings is 1. The van der Waals surface area contributed by atoms with Crippen LogP contribution in [0.3, 0.4) is 0 Å². The molecule has 0 saturated heterocycles. The molecule has 0 aliphatic carbocycles. The van der Waals surface area contributed by atoms with Crippen LogP contribution in [-0.4, -0.2) is 12.3 Å². The van der Waals surface area contributed by atoms with Gasteiger partial charge in [0.25, 0.3) is 0 Å². The molecule has 0 saturated carbocycles. The highest BCUT2D eigenvalue weighted by Crippen LogP contribution is 2.15. The van der Waals surface area contributed by atoms with E-state index in [2.05, 4.69) is 18.3 Å². The number of hydrogen-bond donors (Lipinski definition) is 1. The highest BCUT2D eigenvalue weighted by Gasteiger charge is 1.98. The van der Waals surface area contributed by atoms with Gasteiger partial charge in [0.2, 0.25) is 0 Å². The van der Waals surface area contributed by atoms with Gasteiger partial charge < -0.3 is 5.32 Å². The van der Waals surface area contributed by atoms with Gasteiger partial charge in [-0.2, -0.15) is 0 Å². The molecule has 0 aliphatic heterocycles. The third-order valence-corrected chi connectivity index (χ3v) is 1.91. The van der Waals surface area contributed by atoms with E-state index in [4.69, 9.17) is 0 Å². The summed E-state index contributed by atoms with van der Waals surface area (Å²) in [5.74, 6) is 0.153. The first-order chi connectivity index (χ1) is 6.09. The van der Waals surface area contributed by atoms with Crippen molar-refractivity contribution in [3.63, 3.8) is 0 Å². The highest BCUT2D eigenvalue weighted by molar-refractivity contribution is 5.80. The summed E-state index contributed by atoms with van der Waals surface area (Å²) in [6, 6.07) is 6.14. The van der Waals surface area contributed by atoms with E-state index in [9.17, 15) is 4.79 Å². The van der Waals surface area contributed by atoms with E-state index in [1.165, 1.54) is 11.1 Å². The maximum absolute atomic E-state index is 10.7. The Labute approximate surface area is 79.0 Å². The van der Waals surface area contributed by atoms with Gasteiger partial charge in [-0.15, -0.1) is 0 Å². The van der Waals surface area contributed by atoms with Gasteiger partial charge in [0, 0.05) is 5.69 Å². The van der Waals surface area contributed by atoms with Gasteiger partial charge >= 0.3 is 0 Å². The predicted molar refractivity (Wildman–Crippen MR) is 55.1 cm³/mol. The fourth-order valence-electron chi connectivity index (χ4n) is 1.23. The van der Waals surface area contributed by atoms with Crippen LogP contribution in [0.4, 0.5) is 5.69 Å². The van der Waals surface area contributed by atoms with Gasteiger partial charge in [0.05, 0.1) is 6.54 Å². The van der Waals surface area contributed by atoms with E-state index in [1.54, 1.807) is 6.92 Å². The van der Waals surface area contributed by atoms with Crippen molar-refractivity contribution in [3.8, 4) is 0 Å². The summed E-state index contributed by atoms with van der Waals surface area (Å²) in [4.78, 5) is 10.7.